The number of anilines is 2. The first kappa shape index (κ1) is 14.8. The molecule has 0 bridgehead atoms. The van der Waals surface area contributed by atoms with E-state index in [2.05, 4.69) is 4.72 Å². The standard InChI is InChI=1S/C14H12FN3O2S/c1-9-2-5-14(13(17)6-9)18-21(19,20)11-3-4-12(15)10(7-11)8-16/h2-7,18H,17H2,1H3. The number of nitrogen functional groups attached to an aromatic ring is 1. The first-order chi connectivity index (χ1) is 9.83. The molecule has 2 rings (SSSR count). The number of aryl methyl sites for hydroxylation is 1. The Morgan fingerprint density at radius 2 is 1.95 bits per heavy atom. The van der Waals surface area contributed by atoms with Crippen LogP contribution in [0.3, 0.4) is 0 Å². The van der Waals surface area contributed by atoms with Crippen LogP contribution in [0.4, 0.5) is 15.8 Å². The summed E-state index contributed by atoms with van der Waals surface area (Å²) in [5, 5.41) is 8.75. The summed E-state index contributed by atoms with van der Waals surface area (Å²) in [4.78, 5) is -0.208. The van der Waals surface area contributed by atoms with Gasteiger partial charge in [0.05, 0.1) is 21.8 Å². The van der Waals surface area contributed by atoms with Crippen LogP contribution in [0.25, 0.3) is 0 Å². The van der Waals surface area contributed by atoms with Crippen molar-refractivity contribution in [2.75, 3.05) is 10.5 Å². The average molecular weight is 305 g/mol. The van der Waals surface area contributed by atoms with Crippen molar-refractivity contribution >= 4 is 21.4 Å². The third-order valence-electron chi connectivity index (χ3n) is 2.82. The molecule has 108 valence electrons. The fourth-order valence-corrected chi connectivity index (χ4v) is 2.85. The lowest BCUT2D eigenvalue weighted by molar-refractivity contribution is 0.599. The second-order valence-electron chi connectivity index (χ2n) is 4.45. The van der Waals surface area contributed by atoms with Gasteiger partial charge in [-0.1, -0.05) is 6.07 Å². The molecule has 0 aliphatic carbocycles. The van der Waals surface area contributed by atoms with Gasteiger partial charge in [-0.05, 0) is 42.8 Å². The predicted octanol–water partition coefficient (Wildman–Crippen LogP) is 2.39. The molecule has 0 spiro atoms. The molecule has 0 amide bonds. The van der Waals surface area contributed by atoms with Crippen LogP contribution in [0.15, 0.2) is 41.3 Å². The minimum Gasteiger partial charge on any atom is -0.397 e. The Labute approximate surface area is 121 Å². The Morgan fingerprint density at radius 3 is 2.57 bits per heavy atom. The zero-order chi connectivity index (χ0) is 15.6. The summed E-state index contributed by atoms with van der Waals surface area (Å²) in [7, 11) is -3.95. The molecule has 0 aromatic heterocycles. The van der Waals surface area contributed by atoms with Crippen molar-refractivity contribution < 1.29 is 12.8 Å². The quantitative estimate of drug-likeness (QED) is 0.851. The molecule has 0 fully saturated rings. The van der Waals surface area contributed by atoms with E-state index in [1.807, 2.05) is 6.92 Å². The third-order valence-corrected chi connectivity index (χ3v) is 4.18. The Kier molecular flexibility index (Phi) is 3.82. The summed E-state index contributed by atoms with van der Waals surface area (Å²) >= 11 is 0. The zero-order valence-electron chi connectivity index (χ0n) is 11.1. The fourth-order valence-electron chi connectivity index (χ4n) is 1.74. The van der Waals surface area contributed by atoms with Crippen molar-refractivity contribution in [3.05, 3.63) is 53.3 Å². The van der Waals surface area contributed by atoms with Crippen molar-refractivity contribution in [2.24, 2.45) is 0 Å². The summed E-state index contributed by atoms with van der Waals surface area (Å²) in [5.74, 6) is -0.772. The molecule has 0 heterocycles. The summed E-state index contributed by atoms with van der Waals surface area (Å²) in [5.41, 5.74) is 6.81. The van der Waals surface area contributed by atoms with Crippen LogP contribution in [0.2, 0.25) is 0 Å². The first-order valence-electron chi connectivity index (χ1n) is 5.92. The topological polar surface area (TPSA) is 96.0 Å². The number of hydrogen-bond acceptors (Lipinski definition) is 4. The minimum absolute atomic E-state index is 0.208. The average Bonchev–Trinajstić information content (AvgIpc) is 2.42. The smallest absolute Gasteiger partial charge is 0.262 e. The van der Waals surface area contributed by atoms with Gasteiger partial charge in [0.15, 0.2) is 0 Å². The monoisotopic (exact) mass is 305 g/mol. The van der Waals surface area contributed by atoms with Crippen molar-refractivity contribution in [2.45, 2.75) is 11.8 Å². The number of rotatable bonds is 3. The summed E-state index contributed by atoms with van der Waals surface area (Å²) in [6, 6.07) is 9.47. The van der Waals surface area contributed by atoms with Crippen LogP contribution in [0, 0.1) is 24.1 Å². The van der Waals surface area contributed by atoms with Crippen LogP contribution >= 0.6 is 0 Å². The summed E-state index contributed by atoms with van der Waals surface area (Å²) < 4.78 is 40.0. The molecular weight excluding hydrogens is 293 g/mol. The molecule has 0 saturated heterocycles. The molecular formula is C14H12FN3O2S. The number of benzene rings is 2. The second-order valence-corrected chi connectivity index (χ2v) is 6.13. The number of sulfonamides is 1. The van der Waals surface area contributed by atoms with E-state index in [9.17, 15) is 12.8 Å². The normalized spacial score (nSPS) is 10.9. The van der Waals surface area contributed by atoms with E-state index < -0.39 is 15.8 Å². The molecule has 0 radical (unpaired) electrons. The lowest BCUT2D eigenvalue weighted by atomic mass is 10.2. The summed E-state index contributed by atoms with van der Waals surface area (Å²) in [6.45, 7) is 1.83. The van der Waals surface area contributed by atoms with Crippen LogP contribution in [0.5, 0.6) is 0 Å². The first-order valence-corrected chi connectivity index (χ1v) is 7.40. The van der Waals surface area contributed by atoms with Crippen molar-refractivity contribution in [1.29, 1.82) is 5.26 Å². The highest BCUT2D eigenvalue weighted by Crippen LogP contribution is 2.24. The van der Waals surface area contributed by atoms with Crippen LogP contribution < -0.4 is 10.5 Å². The van der Waals surface area contributed by atoms with E-state index >= 15 is 0 Å². The second kappa shape index (κ2) is 5.42. The molecule has 5 nitrogen and oxygen atoms in total. The van der Waals surface area contributed by atoms with Crippen molar-refractivity contribution in [3.8, 4) is 6.07 Å². The molecule has 0 aliphatic rings. The Hall–Kier alpha value is -2.59. The van der Waals surface area contributed by atoms with Gasteiger partial charge in [0.25, 0.3) is 10.0 Å². The molecule has 2 aromatic rings. The molecule has 0 saturated carbocycles. The maximum absolute atomic E-state index is 13.2. The maximum atomic E-state index is 13.2. The lowest BCUT2D eigenvalue weighted by Crippen LogP contribution is -2.14. The van der Waals surface area contributed by atoms with Gasteiger partial charge >= 0.3 is 0 Å². The number of halogens is 1. The molecule has 21 heavy (non-hydrogen) atoms. The molecule has 0 atom stereocenters. The van der Waals surface area contributed by atoms with Crippen LogP contribution in [-0.4, -0.2) is 8.42 Å². The van der Waals surface area contributed by atoms with Crippen molar-refractivity contribution in [3.63, 3.8) is 0 Å². The number of nitrogens with one attached hydrogen (secondary N) is 1. The number of nitrogens with two attached hydrogens (primary N) is 1. The van der Waals surface area contributed by atoms with Crippen LogP contribution in [0.1, 0.15) is 11.1 Å². The van der Waals surface area contributed by atoms with E-state index in [-0.39, 0.29) is 21.8 Å². The fraction of sp³-hybridized carbons (Fsp3) is 0.0714. The third kappa shape index (κ3) is 3.12. The van der Waals surface area contributed by atoms with Gasteiger partial charge in [0, 0.05) is 0 Å². The number of nitriles is 1. The van der Waals surface area contributed by atoms with E-state index in [0.29, 0.717) is 0 Å². The lowest BCUT2D eigenvalue weighted by Gasteiger charge is -2.11. The minimum atomic E-state index is -3.95. The molecule has 0 aliphatic heterocycles. The Morgan fingerprint density at radius 1 is 1.24 bits per heavy atom. The highest BCUT2D eigenvalue weighted by Gasteiger charge is 2.17. The van der Waals surface area contributed by atoms with Gasteiger partial charge in [-0.15, -0.1) is 0 Å². The Balaban J connectivity index is 2.41. The maximum Gasteiger partial charge on any atom is 0.262 e. The molecule has 7 heteroatoms. The van der Waals surface area contributed by atoms with Crippen LogP contribution in [-0.2, 0) is 10.0 Å². The van der Waals surface area contributed by atoms with E-state index in [1.165, 1.54) is 6.07 Å². The van der Waals surface area contributed by atoms with Gasteiger partial charge in [0.2, 0.25) is 0 Å². The van der Waals surface area contributed by atoms with Gasteiger partial charge in [0.1, 0.15) is 11.9 Å². The van der Waals surface area contributed by atoms with E-state index in [4.69, 9.17) is 11.0 Å². The SMILES string of the molecule is Cc1ccc(NS(=O)(=O)c2ccc(F)c(C#N)c2)c(N)c1. The molecule has 2 aromatic carbocycles. The number of nitrogens with zero attached hydrogens (tertiary/aromatic N) is 1. The van der Waals surface area contributed by atoms with Gasteiger partial charge in [-0.3, -0.25) is 4.72 Å². The van der Waals surface area contributed by atoms with Crippen molar-refractivity contribution in [1.82, 2.24) is 0 Å². The van der Waals surface area contributed by atoms with Gasteiger partial charge < -0.3 is 5.73 Å². The highest BCUT2D eigenvalue weighted by molar-refractivity contribution is 7.92. The molecule has 0 unspecified atom stereocenters. The largest absolute Gasteiger partial charge is 0.397 e. The van der Waals surface area contributed by atoms with Gasteiger partial charge in [-0.2, -0.15) is 5.26 Å². The molecule has 3 N–H and O–H groups in total. The predicted molar refractivity (Wildman–Crippen MR) is 77.5 cm³/mol. The Bertz CT molecular complexity index is 842. The summed E-state index contributed by atoms with van der Waals surface area (Å²) in [6.07, 6.45) is 0. The van der Waals surface area contributed by atoms with Gasteiger partial charge in [-0.25, -0.2) is 12.8 Å². The number of hydrogen-bond donors (Lipinski definition) is 2. The van der Waals surface area contributed by atoms with E-state index in [1.54, 1.807) is 18.2 Å². The zero-order valence-corrected chi connectivity index (χ0v) is 11.9. The highest BCUT2D eigenvalue weighted by atomic mass is 32.2. The van der Waals surface area contributed by atoms with E-state index in [0.717, 1.165) is 23.8 Å².